The number of pyridine rings is 2. The van der Waals surface area contributed by atoms with Crippen molar-refractivity contribution < 1.29 is 0 Å². The summed E-state index contributed by atoms with van der Waals surface area (Å²) in [5.41, 5.74) is 10.5. The first kappa shape index (κ1) is 11.8. The Hall–Kier alpha value is -2.95. The first-order valence-corrected chi connectivity index (χ1v) is 6.69. The average molecular weight is 275 g/mol. The molecule has 0 aliphatic rings. The molecule has 102 valence electrons. The van der Waals surface area contributed by atoms with Crippen molar-refractivity contribution in [2.75, 3.05) is 5.73 Å². The van der Waals surface area contributed by atoms with Gasteiger partial charge in [0.1, 0.15) is 5.52 Å². The van der Waals surface area contributed by atoms with Crippen molar-refractivity contribution in [2.24, 2.45) is 0 Å². The van der Waals surface area contributed by atoms with E-state index in [0.29, 0.717) is 5.95 Å². The maximum absolute atomic E-state index is 6.08. The highest BCUT2D eigenvalue weighted by Crippen LogP contribution is 2.24. The van der Waals surface area contributed by atoms with Crippen LogP contribution in [0.4, 0.5) is 5.95 Å². The molecule has 0 radical (unpaired) electrons. The minimum atomic E-state index is 0.436. The van der Waals surface area contributed by atoms with Gasteiger partial charge in [-0.3, -0.25) is 9.55 Å². The first-order chi connectivity index (χ1) is 10.2. The molecule has 1 aromatic carbocycles. The Labute approximate surface area is 121 Å². The molecule has 0 fully saturated rings. The predicted octanol–water partition coefficient (Wildman–Crippen LogP) is 2.86. The average Bonchev–Trinajstić information content (AvgIpc) is 2.82. The topological polar surface area (TPSA) is 69.6 Å². The number of fused-ring (bicyclic) bond motifs is 2. The van der Waals surface area contributed by atoms with Crippen LogP contribution in [0.2, 0.25) is 0 Å². The van der Waals surface area contributed by atoms with Crippen LogP contribution in [0.3, 0.4) is 0 Å². The summed E-state index contributed by atoms with van der Waals surface area (Å²) in [6.45, 7) is 1.96. The lowest BCUT2D eigenvalue weighted by Gasteiger charge is -2.07. The van der Waals surface area contributed by atoms with Crippen LogP contribution < -0.4 is 5.73 Å². The second-order valence-corrected chi connectivity index (χ2v) is 4.98. The fourth-order valence-corrected chi connectivity index (χ4v) is 2.53. The molecule has 0 amide bonds. The highest BCUT2D eigenvalue weighted by atomic mass is 15.2. The van der Waals surface area contributed by atoms with Crippen molar-refractivity contribution in [3.8, 4) is 5.69 Å². The van der Waals surface area contributed by atoms with E-state index in [9.17, 15) is 0 Å². The Morgan fingerprint density at radius 2 is 1.86 bits per heavy atom. The number of imidazole rings is 1. The van der Waals surface area contributed by atoms with Crippen molar-refractivity contribution in [2.45, 2.75) is 6.92 Å². The Balaban J connectivity index is 2.03. The zero-order valence-corrected chi connectivity index (χ0v) is 11.5. The molecule has 0 aliphatic carbocycles. The Kier molecular flexibility index (Phi) is 2.41. The molecule has 0 spiro atoms. The highest BCUT2D eigenvalue weighted by molar-refractivity contribution is 5.83. The molecule has 5 heteroatoms. The van der Waals surface area contributed by atoms with Gasteiger partial charge in [-0.15, -0.1) is 0 Å². The maximum atomic E-state index is 6.08. The number of anilines is 1. The van der Waals surface area contributed by atoms with E-state index >= 15 is 0 Å². The van der Waals surface area contributed by atoms with E-state index in [4.69, 9.17) is 5.73 Å². The molecule has 0 aliphatic heterocycles. The minimum absolute atomic E-state index is 0.436. The summed E-state index contributed by atoms with van der Waals surface area (Å²) < 4.78 is 1.87. The van der Waals surface area contributed by atoms with E-state index in [1.165, 1.54) is 0 Å². The molecule has 2 N–H and O–H groups in total. The highest BCUT2D eigenvalue weighted by Gasteiger charge is 2.11. The van der Waals surface area contributed by atoms with Crippen LogP contribution in [0.15, 0.2) is 48.7 Å². The fraction of sp³-hybridized carbons (Fsp3) is 0.0625. The third-order valence-electron chi connectivity index (χ3n) is 3.51. The van der Waals surface area contributed by atoms with Crippen LogP contribution in [0, 0.1) is 6.92 Å². The lowest BCUT2D eigenvalue weighted by atomic mass is 10.2. The minimum Gasteiger partial charge on any atom is -0.369 e. The molecule has 3 heterocycles. The Morgan fingerprint density at radius 1 is 1.00 bits per heavy atom. The number of nitrogen functional groups attached to an aromatic ring is 1. The monoisotopic (exact) mass is 275 g/mol. The van der Waals surface area contributed by atoms with Crippen LogP contribution in [-0.4, -0.2) is 19.5 Å². The van der Waals surface area contributed by atoms with Gasteiger partial charge in [0.2, 0.25) is 5.95 Å². The van der Waals surface area contributed by atoms with Gasteiger partial charge >= 0.3 is 0 Å². The Bertz CT molecular complexity index is 971. The normalized spacial score (nSPS) is 11.3. The van der Waals surface area contributed by atoms with Crippen LogP contribution in [0.25, 0.3) is 27.8 Å². The van der Waals surface area contributed by atoms with Gasteiger partial charge in [-0.1, -0.05) is 6.07 Å². The molecule has 0 unspecified atom stereocenters. The van der Waals surface area contributed by atoms with Gasteiger partial charge < -0.3 is 5.73 Å². The van der Waals surface area contributed by atoms with Gasteiger partial charge in [0.25, 0.3) is 0 Å². The van der Waals surface area contributed by atoms with Crippen molar-refractivity contribution in [1.29, 1.82) is 0 Å². The number of hydrogen-bond donors (Lipinski definition) is 1. The molecule has 4 rings (SSSR count). The second kappa shape index (κ2) is 4.28. The van der Waals surface area contributed by atoms with E-state index in [2.05, 4.69) is 15.0 Å². The molecule has 5 nitrogen and oxygen atoms in total. The summed E-state index contributed by atoms with van der Waals surface area (Å²) in [4.78, 5) is 13.3. The predicted molar refractivity (Wildman–Crippen MR) is 83.3 cm³/mol. The van der Waals surface area contributed by atoms with E-state index < -0.39 is 0 Å². The van der Waals surface area contributed by atoms with Crippen molar-refractivity contribution in [3.05, 3.63) is 54.4 Å². The quantitative estimate of drug-likeness (QED) is 0.580. The van der Waals surface area contributed by atoms with Crippen molar-refractivity contribution >= 4 is 28.0 Å². The smallest absolute Gasteiger partial charge is 0.207 e. The molecular weight excluding hydrogens is 262 g/mol. The third-order valence-corrected chi connectivity index (χ3v) is 3.51. The van der Waals surface area contributed by atoms with E-state index in [1.54, 1.807) is 6.20 Å². The summed E-state index contributed by atoms with van der Waals surface area (Å²) in [6, 6.07) is 13.8. The molecule has 3 aromatic heterocycles. The maximum Gasteiger partial charge on any atom is 0.207 e. The number of hydrogen-bond acceptors (Lipinski definition) is 4. The van der Waals surface area contributed by atoms with E-state index in [-0.39, 0.29) is 0 Å². The second-order valence-electron chi connectivity index (χ2n) is 4.98. The molecule has 21 heavy (non-hydrogen) atoms. The lowest BCUT2D eigenvalue weighted by molar-refractivity contribution is 1.07. The van der Waals surface area contributed by atoms with Gasteiger partial charge in [-0.05, 0) is 43.3 Å². The summed E-state index contributed by atoms with van der Waals surface area (Å²) in [5, 5.41) is 1.06. The first-order valence-electron chi connectivity index (χ1n) is 6.69. The SMILES string of the molecule is Cc1ccc2nc(N)n(-c3ccc4ncccc4c3)c2n1. The van der Waals surface area contributed by atoms with Crippen LogP contribution in [0.1, 0.15) is 5.69 Å². The molecule has 0 saturated heterocycles. The standard InChI is InChI=1S/C16H13N5/c1-10-4-6-14-15(19-10)21(16(17)20-14)12-5-7-13-11(9-12)3-2-8-18-13/h2-9H,1H3,(H2,17,20). The number of rotatable bonds is 1. The molecular formula is C16H13N5. The third kappa shape index (κ3) is 1.82. The summed E-state index contributed by atoms with van der Waals surface area (Å²) in [5.74, 6) is 0.436. The number of aromatic nitrogens is 4. The van der Waals surface area contributed by atoms with Crippen LogP contribution in [-0.2, 0) is 0 Å². The van der Waals surface area contributed by atoms with Crippen LogP contribution in [0.5, 0.6) is 0 Å². The van der Waals surface area contributed by atoms with Crippen LogP contribution >= 0.6 is 0 Å². The number of aryl methyl sites for hydroxylation is 1. The summed E-state index contributed by atoms with van der Waals surface area (Å²) >= 11 is 0. The summed E-state index contributed by atoms with van der Waals surface area (Å²) in [6.07, 6.45) is 1.79. The molecule has 4 aromatic rings. The van der Waals surface area contributed by atoms with Gasteiger partial charge in [-0.25, -0.2) is 9.97 Å². The van der Waals surface area contributed by atoms with Gasteiger partial charge in [0.05, 0.1) is 11.2 Å². The number of nitrogens with zero attached hydrogens (tertiary/aromatic N) is 4. The largest absolute Gasteiger partial charge is 0.369 e. The molecule has 0 saturated carbocycles. The molecule has 0 atom stereocenters. The number of benzene rings is 1. The van der Waals surface area contributed by atoms with E-state index in [1.807, 2.05) is 54.0 Å². The fourth-order valence-electron chi connectivity index (χ4n) is 2.53. The summed E-state index contributed by atoms with van der Waals surface area (Å²) in [7, 11) is 0. The van der Waals surface area contributed by atoms with Crippen molar-refractivity contribution in [1.82, 2.24) is 19.5 Å². The van der Waals surface area contributed by atoms with E-state index in [0.717, 1.165) is 33.4 Å². The van der Waals surface area contributed by atoms with Crippen molar-refractivity contribution in [3.63, 3.8) is 0 Å². The zero-order valence-electron chi connectivity index (χ0n) is 11.5. The molecule has 0 bridgehead atoms. The van der Waals surface area contributed by atoms with Gasteiger partial charge in [0, 0.05) is 17.3 Å². The Morgan fingerprint density at radius 3 is 2.76 bits per heavy atom. The van der Waals surface area contributed by atoms with Gasteiger partial charge in [0.15, 0.2) is 5.65 Å². The zero-order chi connectivity index (χ0) is 14.4. The number of nitrogens with two attached hydrogens (primary N) is 1. The lowest BCUT2D eigenvalue weighted by Crippen LogP contribution is -2.01. The van der Waals surface area contributed by atoms with Gasteiger partial charge in [-0.2, -0.15) is 0 Å².